The summed E-state index contributed by atoms with van der Waals surface area (Å²) in [7, 11) is 0. The van der Waals surface area contributed by atoms with Crippen molar-refractivity contribution in [3.8, 4) is 0 Å². The average molecular weight is 364 g/mol. The number of nitrogens with zero attached hydrogens (tertiary/aromatic N) is 3. The third kappa shape index (κ3) is 3.95. The van der Waals surface area contributed by atoms with E-state index >= 15 is 0 Å². The Hall–Kier alpha value is -2.08. The van der Waals surface area contributed by atoms with Crippen LogP contribution in [0.4, 0.5) is 0 Å². The first-order valence-electron chi connectivity index (χ1n) is 8.64. The van der Waals surface area contributed by atoms with Crippen LogP contribution in [0.1, 0.15) is 26.2 Å². The minimum atomic E-state index is -0.144. The Labute approximate surface area is 151 Å². The smallest absolute Gasteiger partial charge is 0.309 e. The molecule has 3 rings (SSSR count). The number of esters is 1. The molecule has 1 amide bonds. The minimum absolute atomic E-state index is 0.0822. The van der Waals surface area contributed by atoms with Crippen molar-refractivity contribution in [3.05, 3.63) is 29.4 Å². The van der Waals surface area contributed by atoms with Crippen molar-refractivity contribution in [1.82, 2.24) is 14.7 Å². The zero-order chi connectivity index (χ0) is 17.8. The molecule has 1 aromatic heterocycles. The highest BCUT2D eigenvalue weighted by Gasteiger charge is 2.28. The van der Waals surface area contributed by atoms with Gasteiger partial charge >= 0.3 is 5.97 Å². The number of carbonyl (C=O) groups is 2. The van der Waals surface area contributed by atoms with Gasteiger partial charge in [0.1, 0.15) is 0 Å². The summed E-state index contributed by atoms with van der Waals surface area (Å²) < 4.78 is 6.87. The maximum Gasteiger partial charge on any atom is 0.309 e. The van der Waals surface area contributed by atoms with Crippen LogP contribution in [0.15, 0.2) is 24.4 Å². The van der Waals surface area contributed by atoms with E-state index in [0.717, 1.165) is 10.9 Å². The van der Waals surface area contributed by atoms with Gasteiger partial charge in [-0.15, -0.1) is 0 Å². The number of rotatable bonds is 5. The molecule has 1 aliphatic heterocycles. The summed E-state index contributed by atoms with van der Waals surface area (Å²) >= 11 is 6.15. The fraction of sp³-hybridized carbons (Fsp3) is 0.500. The van der Waals surface area contributed by atoms with E-state index in [1.54, 1.807) is 6.20 Å². The Kier molecular flexibility index (Phi) is 5.58. The molecule has 134 valence electrons. The summed E-state index contributed by atoms with van der Waals surface area (Å²) in [6, 6.07) is 5.66. The molecule has 0 saturated carbocycles. The molecule has 0 radical (unpaired) electrons. The van der Waals surface area contributed by atoms with Crippen LogP contribution < -0.4 is 0 Å². The number of piperidine rings is 1. The molecule has 0 bridgehead atoms. The molecule has 2 heterocycles. The Morgan fingerprint density at radius 3 is 2.80 bits per heavy atom. The summed E-state index contributed by atoms with van der Waals surface area (Å²) in [6.45, 7) is 3.94. The van der Waals surface area contributed by atoms with Gasteiger partial charge in [-0.3, -0.25) is 14.3 Å². The van der Waals surface area contributed by atoms with Crippen molar-refractivity contribution in [1.29, 1.82) is 0 Å². The van der Waals surface area contributed by atoms with Gasteiger partial charge in [0.2, 0.25) is 5.91 Å². The summed E-state index contributed by atoms with van der Waals surface area (Å²) in [6.07, 6.45) is 3.45. The molecule has 1 aromatic carbocycles. The Balaban J connectivity index is 1.53. The van der Waals surface area contributed by atoms with E-state index in [-0.39, 0.29) is 17.8 Å². The van der Waals surface area contributed by atoms with Crippen LogP contribution in [-0.2, 0) is 20.9 Å². The molecule has 0 spiro atoms. The first kappa shape index (κ1) is 17.7. The van der Waals surface area contributed by atoms with Crippen LogP contribution in [0.3, 0.4) is 0 Å². The normalized spacial score (nSPS) is 15.5. The maximum atomic E-state index is 12.4. The largest absolute Gasteiger partial charge is 0.466 e. The number of amides is 1. The van der Waals surface area contributed by atoms with Gasteiger partial charge in [-0.2, -0.15) is 5.10 Å². The second kappa shape index (κ2) is 7.87. The van der Waals surface area contributed by atoms with Crippen LogP contribution in [0.25, 0.3) is 10.9 Å². The van der Waals surface area contributed by atoms with Gasteiger partial charge in [0.15, 0.2) is 0 Å². The number of likely N-dealkylation sites (tertiary alicyclic amines) is 1. The Morgan fingerprint density at radius 2 is 2.08 bits per heavy atom. The van der Waals surface area contributed by atoms with Crippen LogP contribution in [0.2, 0.25) is 5.02 Å². The zero-order valence-electron chi connectivity index (χ0n) is 14.3. The van der Waals surface area contributed by atoms with Gasteiger partial charge in [0.05, 0.1) is 35.8 Å². The standard InChI is InChI=1S/C18H22ClN3O3/c1-2-25-18(24)13-6-9-21(10-7-13)17(23)8-11-22-16-5-3-4-15(19)14(16)12-20-22/h3-5,12-13H,2,6-11H2,1H3. The Morgan fingerprint density at radius 1 is 1.32 bits per heavy atom. The van der Waals surface area contributed by atoms with Gasteiger partial charge in [-0.25, -0.2) is 0 Å². The number of ether oxygens (including phenoxy) is 1. The SMILES string of the molecule is CCOC(=O)C1CCN(C(=O)CCn2ncc3c(Cl)cccc32)CC1. The van der Waals surface area contributed by atoms with Crippen LogP contribution in [0.5, 0.6) is 0 Å². The number of aryl methyl sites for hydroxylation is 1. The van der Waals surface area contributed by atoms with Crippen molar-refractivity contribution in [2.45, 2.75) is 32.7 Å². The number of carbonyl (C=O) groups excluding carboxylic acids is 2. The molecule has 25 heavy (non-hydrogen) atoms. The molecule has 1 saturated heterocycles. The molecule has 0 unspecified atom stereocenters. The first-order chi connectivity index (χ1) is 12.1. The predicted octanol–water partition coefficient (Wildman–Crippen LogP) is 2.88. The second-order valence-electron chi connectivity index (χ2n) is 6.20. The third-order valence-corrected chi connectivity index (χ3v) is 4.97. The van der Waals surface area contributed by atoms with Gasteiger partial charge in [0.25, 0.3) is 0 Å². The van der Waals surface area contributed by atoms with E-state index in [9.17, 15) is 9.59 Å². The van der Waals surface area contributed by atoms with Crippen LogP contribution >= 0.6 is 11.6 Å². The molecule has 1 aliphatic rings. The quantitative estimate of drug-likeness (QED) is 0.766. The predicted molar refractivity (Wildman–Crippen MR) is 95.3 cm³/mol. The van der Waals surface area contributed by atoms with Crippen molar-refractivity contribution >= 4 is 34.4 Å². The lowest BCUT2D eigenvalue weighted by atomic mass is 9.97. The average Bonchev–Trinajstić information content (AvgIpc) is 3.04. The number of hydrogen-bond acceptors (Lipinski definition) is 4. The van der Waals surface area contributed by atoms with E-state index in [4.69, 9.17) is 16.3 Å². The van der Waals surface area contributed by atoms with Gasteiger partial charge in [-0.05, 0) is 31.9 Å². The number of halogens is 1. The van der Waals surface area contributed by atoms with E-state index in [1.165, 1.54) is 0 Å². The number of benzene rings is 1. The van der Waals surface area contributed by atoms with Crippen LogP contribution in [0, 0.1) is 5.92 Å². The monoisotopic (exact) mass is 363 g/mol. The number of aromatic nitrogens is 2. The summed E-state index contributed by atoms with van der Waals surface area (Å²) in [5.74, 6) is -0.135. The van der Waals surface area contributed by atoms with Crippen LogP contribution in [-0.4, -0.2) is 46.3 Å². The minimum Gasteiger partial charge on any atom is -0.466 e. The summed E-state index contributed by atoms with van der Waals surface area (Å²) in [4.78, 5) is 26.0. The van der Waals surface area contributed by atoms with Gasteiger partial charge < -0.3 is 9.64 Å². The van der Waals surface area contributed by atoms with Gasteiger partial charge in [0, 0.05) is 24.9 Å². The molecule has 7 heteroatoms. The molecular weight excluding hydrogens is 342 g/mol. The van der Waals surface area contributed by atoms with E-state index in [0.29, 0.717) is 50.5 Å². The zero-order valence-corrected chi connectivity index (χ0v) is 15.0. The topological polar surface area (TPSA) is 64.4 Å². The summed E-state index contributed by atoms with van der Waals surface area (Å²) in [5.41, 5.74) is 0.932. The van der Waals surface area contributed by atoms with Crippen molar-refractivity contribution in [2.24, 2.45) is 5.92 Å². The number of hydrogen-bond donors (Lipinski definition) is 0. The third-order valence-electron chi connectivity index (χ3n) is 4.64. The van der Waals surface area contributed by atoms with Crippen molar-refractivity contribution in [3.63, 3.8) is 0 Å². The molecule has 0 atom stereocenters. The fourth-order valence-electron chi connectivity index (χ4n) is 3.23. The molecule has 0 aliphatic carbocycles. The highest BCUT2D eigenvalue weighted by Crippen LogP contribution is 2.23. The lowest BCUT2D eigenvalue weighted by Gasteiger charge is -2.31. The second-order valence-corrected chi connectivity index (χ2v) is 6.60. The summed E-state index contributed by atoms with van der Waals surface area (Å²) in [5, 5.41) is 5.89. The molecule has 0 N–H and O–H groups in total. The lowest BCUT2D eigenvalue weighted by molar-refractivity contribution is -0.151. The molecule has 2 aromatic rings. The highest BCUT2D eigenvalue weighted by molar-refractivity contribution is 6.35. The first-order valence-corrected chi connectivity index (χ1v) is 9.02. The molecule has 6 nitrogen and oxygen atoms in total. The Bertz CT molecular complexity index is 766. The van der Waals surface area contributed by atoms with E-state index in [1.807, 2.05) is 34.7 Å². The number of fused-ring (bicyclic) bond motifs is 1. The van der Waals surface area contributed by atoms with E-state index < -0.39 is 0 Å². The van der Waals surface area contributed by atoms with Crippen molar-refractivity contribution < 1.29 is 14.3 Å². The van der Waals surface area contributed by atoms with Gasteiger partial charge in [-0.1, -0.05) is 17.7 Å². The highest BCUT2D eigenvalue weighted by atomic mass is 35.5. The maximum absolute atomic E-state index is 12.4. The van der Waals surface area contributed by atoms with Crippen molar-refractivity contribution in [2.75, 3.05) is 19.7 Å². The molecule has 1 fully saturated rings. The molecular formula is C18H22ClN3O3. The van der Waals surface area contributed by atoms with E-state index in [2.05, 4.69) is 5.10 Å². The lowest BCUT2D eigenvalue weighted by Crippen LogP contribution is -2.40. The fourth-order valence-corrected chi connectivity index (χ4v) is 3.45.